The molecule has 1 aliphatic rings. The zero-order chi connectivity index (χ0) is 12.3. The largest absolute Gasteiger partial charge is 0.310 e. The highest BCUT2D eigenvalue weighted by atomic mass is 35.5. The Hall–Kier alpha value is -0.530. The van der Waals surface area contributed by atoms with E-state index in [0.717, 1.165) is 23.0 Å². The summed E-state index contributed by atoms with van der Waals surface area (Å²) in [4.78, 5) is 0. The van der Waals surface area contributed by atoms with Gasteiger partial charge in [-0.2, -0.15) is 0 Å². The molecule has 0 bridgehead atoms. The molecule has 0 aliphatic heterocycles. The van der Waals surface area contributed by atoms with Gasteiger partial charge < -0.3 is 5.32 Å². The molecule has 0 saturated heterocycles. The maximum atomic E-state index is 6.13. The van der Waals surface area contributed by atoms with Gasteiger partial charge in [0.2, 0.25) is 0 Å². The van der Waals surface area contributed by atoms with E-state index in [2.05, 4.69) is 30.4 Å². The minimum Gasteiger partial charge on any atom is -0.310 e. The fraction of sp³-hybridized carbons (Fsp3) is 0.600. The lowest BCUT2D eigenvalue weighted by atomic mass is 9.99. The Kier molecular flexibility index (Phi) is 4.47. The first kappa shape index (κ1) is 12.9. The van der Waals surface area contributed by atoms with E-state index < -0.39 is 0 Å². The third-order valence-electron chi connectivity index (χ3n) is 3.97. The Morgan fingerprint density at radius 1 is 1.35 bits per heavy atom. The van der Waals surface area contributed by atoms with E-state index in [0.29, 0.717) is 6.04 Å². The maximum absolute atomic E-state index is 6.13. The molecule has 94 valence electrons. The Bertz CT molecular complexity index is 369. The third-order valence-corrected chi connectivity index (χ3v) is 4.38. The fourth-order valence-electron chi connectivity index (χ4n) is 2.65. The van der Waals surface area contributed by atoms with Gasteiger partial charge >= 0.3 is 0 Å². The first-order chi connectivity index (χ1) is 8.16. The third kappa shape index (κ3) is 3.46. The minimum atomic E-state index is 0.623. The Labute approximate surface area is 110 Å². The minimum absolute atomic E-state index is 0.623. The number of aryl methyl sites for hydroxylation is 1. The van der Waals surface area contributed by atoms with Crippen LogP contribution < -0.4 is 5.32 Å². The Morgan fingerprint density at radius 2 is 2.06 bits per heavy atom. The number of hydrogen-bond acceptors (Lipinski definition) is 1. The summed E-state index contributed by atoms with van der Waals surface area (Å²) in [5, 5.41) is 4.50. The first-order valence-corrected chi connectivity index (χ1v) is 7.03. The van der Waals surface area contributed by atoms with Crippen molar-refractivity contribution in [1.82, 2.24) is 5.32 Å². The van der Waals surface area contributed by atoms with E-state index in [-0.39, 0.29) is 0 Å². The summed E-state index contributed by atoms with van der Waals surface area (Å²) in [6.07, 6.45) is 5.60. The lowest BCUT2D eigenvalue weighted by molar-refractivity contribution is 0.380. The van der Waals surface area contributed by atoms with Crippen molar-refractivity contribution in [1.29, 1.82) is 0 Å². The van der Waals surface area contributed by atoms with Crippen molar-refractivity contribution in [3.05, 3.63) is 34.3 Å². The highest BCUT2D eigenvalue weighted by Gasteiger charge is 2.20. The van der Waals surface area contributed by atoms with E-state index >= 15 is 0 Å². The van der Waals surface area contributed by atoms with Gasteiger partial charge in [0.1, 0.15) is 0 Å². The number of benzene rings is 1. The molecule has 2 heteroatoms. The fourth-order valence-corrected chi connectivity index (χ4v) is 2.85. The standard InChI is InChI=1S/C15H22ClN/c1-11-7-8-13(9-15(11)16)10-17-12(2)14-5-3-4-6-14/h7-9,12,14,17H,3-6,10H2,1-2H3. The smallest absolute Gasteiger partial charge is 0.0438 e. The molecule has 1 aromatic rings. The number of halogens is 1. The molecular weight excluding hydrogens is 230 g/mol. The van der Waals surface area contributed by atoms with Crippen molar-refractivity contribution in [3.63, 3.8) is 0 Å². The van der Waals surface area contributed by atoms with Gasteiger partial charge in [0.05, 0.1) is 0 Å². The predicted molar refractivity (Wildman–Crippen MR) is 74.4 cm³/mol. The van der Waals surface area contributed by atoms with Gasteiger partial charge in [-0.1, -0.05) is 36.6 Å². The average Bonchev–Trinajstić information content (AvgIpc) is 2.84. The van der Waals surface area contributed by atoms with E-state index in [1.54, 1.807) is 0 Å². The molecule has 0 spiro atoms. The number of rotatable bonds is 4. The molecular formula is C15H22ClN. The quantitative estimate of drug-likeness (QED) is 0.841. The normalized spacial score (nSPS) is 18.5. The Balaban J connectivity index is 1.86. The van der Waals surface area contributed by atoms with Gasteiger partial charge in [0, 0.05) is 17.6 Å². The van der Waals surface area contributed by atoms with Crippen LogP contribution in [0, 0.1) is 12.8 Å². The average molecular weight is 252 g/mol. The van der Waals surface area contributed by atoms with Gasteiger partial charge in [0.25, 0.3) is 0 Å². The molecule has 1 unspecified atom stereocenters. The van der Waals surface area contributed by atoms with E-state index in [1.165, 1.54) is 31.2 Å². The molecule has 1 fully saturated rings. The molecule has 0 aromatic heterocycles. The summed E-state index contributed by atoms with van der Waals surface area (Å²) >= 11 is 6.13. The van der Waals surface area contributed by atoms with Crippen molar-refractivity contribution in [2.45, 2.75) is 52.1 Å². The molecule has 1 aliphatic carbocycles. The van der Waals surface area contributed by atoms with Gasteiger partial charge in [-0.15, -0.1) is 0 Å². The van der Waals surface area contributed by atoms with Crippen LogP contribution in [0.15, 0.2) is 18.2 Å². The lowest BCUT2D eigenvalue weighted by Gasteiger charge is -2.20. The van der Waals surface area contributed by atoms with Crippen molar-refractivity contribution in [2.75, 3.05) is 0 Å². The van der Waals surface area contributed by atoms with Crippen LogP contribution >= 0.6 is 11.6 Å². The van der Waals surface area contributed by atoms with Crippen LogP contribution in [0.1, 0.15) is 43.7 Å². The lowest BCUT2D eigenvalue weighted by Crippen LogP contribution is -2.31. The summed E-state index contributed by atoms with van der Waals surface area (Å²) in [6.45, 7) is 5.28. The molecule has 0 heterocycles. The highest BCUT2D eigenvalue weighted by molar-refractivity contribution is 6.31. The molecule has 0 amide bonds. The van der Waals surface area contributed by atoms with Crippen molar-refractivity contribution in [2.24, 2.45) is 5.92 Å². The molecule has 1 aromatic carbocycles. The van der Waals surface area contributed by atoms with Crippen LogP contribution in [0.5, 0.6) is 0 Å². The van der Waals surface area contributed by atoms with E-state index in [9.17, 15) is 0 Å². The molecule has 1 atom stereocenters. The molecule has 17 heavy (non-hydrogen) atoms. The second-order valence-electron chi connectivity index (χ2n) is 5.30. The Morgan fingerprint density at radius 3 is 2.71 bits per heavy atom. The molecule has 0 radical (unpaired) electrons. The molecule has 1 nitrogen and oxygen atoms in total. The van der Waals surface area contributed by atoms with Crippen molar-refractivity contribution in [3.8, 4) is 0 Å². The summed E-state index contributed by atoms with van der Waals surface area (Å²) in [7, 11) is 0. The topological polar surface area (TPSA) is 12.0 Å². The molecule has 1 saturated carbocycles. The van der Waals surface area contributed by atoms with Gasteiger partial charge in [-0.25, -0.2) is 0 Å². The summed E-state index contributed by atoms with van der Waals surface area (Å²) in [5.74, 6) is 0.871. The van der Waals surface area contributed by atoms with E-state index in [4.69, 9.17) is 11.6 Å². The number of nitrogens with one attached hydrogen (secondary N) is 1. The first-order valence-electron chi connectivity index (χ1n) is 6.65. The second kappa shape index (κ2) is 5.88. The van der Waals surface area contributed by atoms with Crippen LogP contribution in [0.25, 0.3) is 0 Å². The van der Waals surface area contributed by atoms with Crippen LogP contribution in [-0.4, -0.2) is 6.04 Å². The summed E-state index contributed by atoms with van der Waals surface area (Å²) in [5.41, 5.74) is 2.43. The van der Waals surface area contributed by atoms with Crippen LogP contribution in [-0.2, 0) is 6.54 Å². The highest BCUT2D eigenvalue weighted by Crippen LogP contribution is 2.27. The maximum Gasteiger partial charge on any atom is 0.0438 e. The zero-order valence-electron chi connectivity index (χ0n) is 10.8. The van der Waals surface area contributed by atoms with Gasteiger partial charge in [0.15, 0.2) is 0 Å². The van der Waals surface area contributed by atoms with Crippen molar-refractivity contribution < 1.29 is 0 Å². The molecule has 1 N–H and O–H groups in total. The summed E-state index contributed by atoms with van der Waals surface area (Å²) < 4.78 is 0. The zero-order valence-corrected chi connectivity index (χ0v) is 11.6. The van der Waals surface area contributed by atoms with Crippen molar-refractivity contribution >= 4 is 11.6 Å². The van der Waals surface area contributed by atoms with Crippen LogP contribution in [0.4, 0.5) is 0 Å². The predicted octanol–water partition coefficient (Wildman–Crippen LogP) is 4.32. The van der Waals surface area contributed by atoms with Crippen LogP contribution in [0.2, 0.25) is 5.02 Å². The van der Waals surface area contributed by atoms with Crippen LogP contribution in [0.3, 0.4) is 0 Å². The van der Waals surface area contributed by atoms with Gasteiger partial charge in [-0.3, -0.25) is 0 Å². The SMILES string of the molecule is Cc1ccc(CNC(C)C2CCCC2)cc1Cl. The van der Waals surface area contributed by atoms with Gasteiger partial charge in [-0.05, 0) is 49.8 Å². The second-order valence-corrected chi connectivity index (χ2v) is 5.70. The number of hydrogen-bond donors (Lipinski definition) is 1. The monoisotopic (exact) mass is 251 g/mol. The molecule has 2 rings (SSSR count). The summed E-state index contributed by atoms with van der Waals surface area (Å²) in [6, 6.07) is 6.96. The van der Waals surface area contributed by atoms with E-state index in [1.807, 2.05) is 6.92 Å².